The predicted molar refractivity (Wildman–Crippen MR) is 114 cm³/mol. The van der Waals surface area contributed by atoms with Gasteiger partial charge in [0.25, 0.3) is 5.91 Å². The quantitative estimate of drug-likeness (QED) is 0.537. The van der Waals surface area contributed by atoms with E-state index in [1.165, 1.54) is 54.2 Å². The summed E-state index contributed by atoms with van der Waals surface area (Å²) in [5.41, 5.74) is 1.48. The van der Waals surface area contributed by atoms with Crippen molar-refractivity contribution in [1.82, 2.24) is 0 Å². The fourth-order valence-electron chi connectivity index (χ4n) is 3.38. The number of hydrogen-bond acceptors (Lipinski definition) is 8. The summed E-state index contributed by atoms with van der Waals surface area (Å²) in [7, 11) is 2.40. The van der Waals surface area contributed by atoms with Gasteiger partial charge in [-0.3, -0.25) is 4.79 Å². The molecule has 0 spiro atoms. The number of carbonyl (C=O) groups is 4. The van der Waals surface area contributed by atoms with Crippen LogP contribution >= 0.6 is 11.3 Å². The minimum Gasteiger partial charge on any atom is -0.465 e. The van der Waals surface area contributed by atoms with Crippen LogP contribution in [0.15, 0.2) is 24.3 Å². The lowest BCUT2D eigenvalue weighted by molar-refractivity contribution is -0.119. The van der Waals surface area contributed by atoms with Crippen LogP contribution in [-0.2, 0) is 31.8 Å². The van der Waals surface area contributed by atoms with Gasteiger partial charge in [0.2, 0.25) is 0 Å². The van der Waals surface area contributed by atoms with Crippen LogP contribution in [0.25, 0.3) is 0 Å². The number of aryl methyl sites for hydroxylation is 1. The number of esters is 3. The third-order valence-electron chi connectivity index (χ3n) is 4.92. The fraction of sp³-hybridized carbons (Fsp3) is 0.364. The molecule has 1 aliphatic rings. The Balaban J connectivity index is 1.64. The molecule has 1 heterocycles. The standard InChI is InChI=1S/C22H23NO7S/c1-12-4-5-17-13(6-12)10-18(31-17)22(27)30-11-19(24)23-16-8-14(20(25)28-2)7-15(9-16)21(26)29-3/h7-10,12H,4-6,11H2,1-3H3,(H,23,24)/t12-/m1/s1. The number of ether oxygens (including phenoxy) is 3. The van der Waals surface area contributed by atoms with E-state index < -0.39 is 30.4 Å². The number of carbonyl (C=O) groups excluding carboxylic acids is 4. The average Bonchev–Trinajstić information content (AvgIpc) is 3.19. The number of amides is 1. The Labute approximate surface area is 183 Å². The molecule has 3 rings (SSSR count). The zero-order chi connectivity index (χ0) is 22.5. The molecule has 9 heteroatoms. The van der Waals surface area contributed by atoms with Crippen molar-refractivity contribution in [3.8, 4) is 0 Å². The van der Waals surface area contributed by atoms with E-state index in [0.29, 0.717) is 10.8 Å². The number of fused-ring (bicyclic) bond motifs is 1. The van der Waals surface area contributed by atoms with Gasteiger partial charge < -0.3 is 19.5 Å². The van der Waals surface area contributed by atoms with Gasteiger partial charge in [-0.2, -0.15) is 0 Å². The number of nitrogens with one attached hydrogen (secondary N) is 1. The first-order valence-corrected chi connectivity index (χ1v) is 10.5. The first-order valence-electron chi connectivity index (χ1n) is 9.71. The molecule has 0 radical (unpaired) electrons. The van der Waals surface area contributed by atoms with Crippen molar-refractivity contribution in [2.75, 3.05) is 26.1 Å². The lowest BCUT2D eigenvalue weighted by Crippen LogP contribution is -2.21. The molecule has 31 heavy (non-hydrogen) atoms. The maximum absolute atomic E-state index is 12.4. The second kappa shape index (κ2) is 9.74. The largest absolute Gasteiger partial charge is 0.465 e. The van der Waals surface area contributed by atoms with Gasteiger partial charge in [-0.25, -0.2) is 14.4 Å². The Morgan fingerprint density at radius 2 is 1.65 bits per heavy atom. The monoisotopic (exact) mass is 445 g/mol. The molecule has 0 saturated carbocycles. The number of benzene rings is 1. The van der Waals surface area contributed by atoms with Crippen molar-refractivity contribution in [2.24, 2.45) is 5.92 Å². The van der Waals surface area contributed by atoms with Gasteiger partial charge in [0.15, 0.2) is 6.61 Å². The Bertz CT molecular complexity index is 993. The molecule has 0 unspecified atom stereocenters. The number of thiophene rings is 1. The van der Waals surface area contributed by atoms with E-state index in [2.05, 4.69) is 21.7 Å². The first kappa shape index (κ1) is 22.5. The molecular formula is C22H23NO7S. The smallest absolute Gasteiger partial charge is 0.348 e. The summed E-state index contributed by atoms with van der Waals surface area (Å²) in [4.78, 5) is 50.0. The molecule has 1 atom stereocenters. The van der Waals surface area contributed by atoms with Gasteiger partial charge in [0, 0.05) is 10.6 Å². The van der Waals surface area contributed by atoms with Crippen LogP contribution in [-0.4, -0.2) is 44.6 Å². The molecular weight excluding hydrogens is 422 g/mol. The summed E-state index contributed by atoms with van der Waals surface area (Å²) in [6.07, 6.45) is 3.00. The van der Waals surface area contributed by atoms with Crippen LogP contribution in [0.1, 0.15) is 54.2 Å². The number of hydrogen-bond donors (Lipinski definition) is 1. The summed E-state index contributed by atoms with van der Waals surface area (Å²) in [6.45, 7) is 1.68. The van der Waals surface area contributed by atoms with E-state index in [0.717, 1.165) is 19.3 Å². The van der Waals surface area contributed by atoms with Gasteiger partial charge >= 0.3 is 17.9 Å². The van der Waals surface area contributed by atoms with Crippen LogP contribution in [0.4, 0.5) is 5.69 Å². The highest BCUT2D eigenvalue weighted by Gasteiger charge is 2.22. The maximum atomic E-state index is 12.4. The van der Waals surface area contributed by atoms with Crippen LogP contribution in [0.5, 0.6) is 0 Å². The SMILES string of the molecule is COC(=O)c1cc(NC(=O)COC(=O)c2cc3c(s2)CC[C@@H](C)C3)cc(C(=O)OC)c1. The molecule has 0 fully saturated rings. The highest BCUT2D eigenvalue weighted by molar-refractivity contribution is 7.14. The molecule has 0 bridgehead atoms. The molecule has 0 saturated heterocycles. The minimum absolute atomic E-state index is 0.0658. The normalized spacial score (nSPS) is 14.9. The summed E-state index contributed by atoms with van der Waals surface area (Å²) < 4.78 is 14.5. The third-order valence-corrected chi connectivity index (χ3v) is 6.14. The summed E-state index contributed by atoms with van der Waals surface area (Å²) in [5, 5.41) is 2.51. The van der Waals surface area contributed by atoms with Gasteiger partial charge in [0.05, 0.1) is 25.3 Å². The summed E-state index contributed by atoms with van der Waals surface area (Å²) in [5.74, 6) is -1.93. The van der Waals surface area contributed by atoms with Crippen molar-refractivity contribution in [3.05, 3.63) is 50.7 Å². The zero-order valence-corrected chi connectivity index (χ0v) is 18.3. The minimum atomic E-state index is -0.677. The Hall–Kier alpha value is -3.20. The van der Waals surface area contributed by atoms with Crippen LogP contribution < -0.4 is 5.32 Å². The van der Waals surface area contributed by atoms with E-state index in [9.17, 15) is 19.2 Å². The van der Waals surface area contributed by atoms with Crippen LogP contribution in [0, 0.1) is 5.92 Å². The zero-order valence-electron chi connectivity index (χ0n) is 17.5. The van der Waals surface area contributed by atoms with Crippen molar-refractivity contribution in [2.45, 2.75) is 26.2 Å². The lowest BCUT2D eigenvalue weighted by Gasteiger charge is -2.16. The Kier molecular flexibility index (Phi) is 7.06. The van der Waals surface area contributed by atoms with Crippen LogP contribution in [0.2, 0.25) is 0 Å². The number of methoxy groups -OCH3 is 2. The van der Waals surface area contributed by atoms with Gasteiger partial charge in [-0.15, -0.1) is 11.3 Å². The second-order valence-corrected chi connectivity index (χ2v) is 8.45. The molecule has 8 nitrogen and oxygen atoms in total. The molecule has 0 aliphatic heterocycles. The topological polar surface area (TPSA) is 108 Å². The second-order valence-electron chi connectivity index (χ2n) is 7.31. The molecule has 164 valence electrons. The summed E-state index contributed by atoms with van der Waals surface area (Å²) in [6, 6.07) is 5.85. The van der Waals surface area contributed by atoms with Crippen molar-refractivity contribution in [3.63, 3.8) is 0 Å². The molecule has 1 aliphatic carbocycles. The lowest BCUT2D eigenvalue weighted by atomic mass is 9.90. The number of rotatable bonds is 6. The third kappa shape index (κ3) is 5.49. The first-order chi connectivity index (χ1) is 14.8. The Morgan fingerprint density at radius 3 is 2.26 bits per heavy atom. The highest BCUT2D eigenvalue weighted by Crippen LogP contribution is 2.32. The van der Waals surface area contributed by atoms with Crippen molar-refractivity contribution in [1.29, 1.82) is 0 Å². The summed E-state index contributed by atoms with van der Waals surface area (Å²) >= 11 is 1.41. The molecule has 2 aromatic rings. The van der Waals surface area contributed by atoms with Gasteiger partial charge in [-0.1, -0.05) is 6.92 Å². The maximum Gasteiger partial charge on any atom is 0.348 e. The predicted octanol–water partition coefficient (Wildman–Crippen LogP) is 3.24. The molecule has 1 aromatic carbocycles. The molecule has 1 amide bonds. The van der Waals surface area contributed by atoms with Crippen molar-refractivity contribution >= 4 is 40.8 Å². The van der Waals surface area contributed by atoms with E-state index >= 15 is 0 Å². The van der Waals surface area contributed by atoms with Gasteiger partial charge in [-0.05, 0) is 55.0 Å². The highest BCUT2D eigenvalue weighted by atomic mass is 32.1. The van der Waals surface area contributed by atoms with Gasteiger partial charge in [0.1, 0.15) is 4.88 Å². The van der Waals surface area contributed by atoms with E-state index in [1.54, 1.807) is 0 Å². The van der Waals surface area contributed by atoms with E-state index in [4.69, 9.17) is 4.74 Å². The fourth-order valence-corrected chi connectivity index (χ4v) is 4.48. The van der Waals surface area contributed by atoms with E-state index in [-0.39, 0.29) is 16.8 Å². The van der Waals surface area contributed by atoms with E-state index in [1.807, 2.05) is 6.07 Å². The average molecular weight is 445 g/mol. The van der Waals surface area contributed by atoms with Crippen LogP contribution in [0.3, 0.4) is 0 Å². The molecule has 1 N–H and O–H groups in total. The Morgan fingerprint density at radius 1 is 1.00 bits per heavy atom. The number of anilines is 1. The van der Waals surface area contributed by atoms with Crippen molar-refractivity contribution < 1.29 is 33.4 Å². The molecule has 1 aromatic heterocycles.